The van der Waals surface area contributed by atoms with Crippen LogP contribution in [0, 0.1) is 5.82 Å². The molecule has 0 atom stereocenters. The Bertz CT molecular complexity index is 689. The highest BCUT2D eigenvalue weighted by atomic mass is 19.1. The highest BCUT2D eigenvalue weighted by Gasteiger charge is 2.04. The summed E-state index contributed by atoms with van der Waals surface area (Å²) < 4.78 is 18.7. The number of ether oxygens (including phenoxy) is 1. The van der Waals surface area contributed by atoms with Crippen LogP contribution in [0.4, 0.5) is 4.39 Å². The standard InChI is InChI=1S/C21H28FN3O/c1-3-23-21(24-13-7-10-17-8-5-4-6-9-17)25-15-18-11-12-20(22)19(14-18)16-26-2/h4-6,8-9,11-12,14H,3,7,10,13,15-16H2,1-2H3,(H2,23,24,25). The molecule has 0 spiro atoms. The van der Waals surface area contributed by atoms with Crippen LogP contribution in [0.25, 0.3) is 0 Å². The van der Waals surface area contributed by atoms with Gasteiger partial charge in [-0.05, 0) is 43.0 Å². The molecule has 2 rings (SSSR count). The maximum atomic E-state index is 13.7. The first-order chi connectivity index (χ1) is 12.7. The van der Waals surface area contributed by atoms with E-state index in [4.69, 9.17) is 4.74 Å². The van der Waals surface area contributed by atoms with Gasteiger partial charge in [-0.15, -0.1) is 0 Å². The minimum atomic E-state index is -0.245. The molecule has 5 heteroatoms. The summed E-state index contributed by atoms with van der Waals surface area (Å²) in [6.07, 6.45) is 2.06. The third-order valence-electron chi connectivity index (χ3n) is 3.95. The van der Waals surface area contributed by atoms with Crippen LogP contribution in [-0.2, 0) is 24.3 Å². The van der Waals surface area contributed by atoms with Gasteiger partial charge in [-0.2, -0.15) is 0 Å². The van der Waals surface area contributed by atoms with E-state index < -0.39 is 0 Å². The molecule has 0 unspecified atom stereocenters. The Balaban J connectivity index is 1.86. The molecule has 0 aromatic heterocycles. The molecule has 4 nitrogen and oxygen atoms in total. The molecule has 140 valence electrons. The number of methoxy groups -OCH3 is 1. The minimum absolute atomic E-state index is 0.245. The molecule has 26 heavy (non-hydrogen) atoms. The number of aryl methyl sites for hydroxylation is 1. The van der Waals surface area contributed by atoms with Gasteiger partial charge in [-0.3, -0.25) is 0 Å². The van der Waals surface area contributed by atoms with Crippen LogP contribution < -0.4 is 10.6 Å². The van der Waals surface area contributed by atoms with Gasteiger partial charge in [0.1, 0.15) is 5.82 Å². The Labute approximate surface area is 155 Å². The lowest BCUT2D eigenvalue weighted by Crippen LogP contribution is -2.37. The van der Waals surface area contributed by atoms with E-state index in [9.17, 15) is 4.39 Å². The van der Waals surface area contributed by atoms with E-state index in [-0.39, 0.29) is 12.4 Å². The number of rotatable bonds is 9. The molecular weight excluding hydrogens is 329 g/mol. The second-order valence-electron chi connectivity index (χ2n) is 6.07. The SMILES string of the molecule is CCNC(=NCc1ccc(F)c(COC)c1)NCCCc1ccccc1. The zero-order valence-corrected chi connectivity index (χ0v) is 15.6. The van der Waals surface area contributed by atoms with Gasteiger partial charge in [0, 0.05) is 25.8 Å². The molecule has 0 aliphatic carbocycles. The van der Waals surface area contributed by atoms with Crippen LogP contribution in [0.1, 0.15) is 30.0 Å². The summed E-state index contributed by atoms with van der Waals surface area (Å²) >= 11 is 0. The maximum absolute atomic E-state index is 13.7. The van der Waals surface area contributed by atoms with Crippen molar-refractivity contribution in [1.82, 2.24) is 10.6 Å². The molecule has 0 saturated carbocycles. The number of nitrogens with one attached hydrogen (secondary N) is 2. The Kier molecular flexibility index (Phi) is 8.63. The molecule has 0 heterocycles. The van der Waals surface area contributed by atoms with E-state index in [0.717, 1.165) is 37.5 Å². The number of nitrogens with zero attached hydrogens (tertiary/aromatic N) is 1. The summed E-state index contributed by atoms with van der Waals surface area (Å²) in [5.41, 5.74) is 2.86. The number of hydrogen-bond acceptors (Lipinski definition) is 2. The average Bonchev–Trinajstić information content (AvgIpc) is 2.66. The average molecular weight is 357 g/mol. The monoisotopic (exact) mass is 357 g/mol. The van der Waals surface area contributed by atoms with Gasteiger partial charge < -0.3 is 15.4 Å². The van der Waals surface area contributed by atoms with Crippen molar-refractivity contribution >= 4 is 5.96 Å². The van der Waals surface area contributed by atoms with Gasteiger partial charge in [0.15, 0.2) is 5.96 Å². The molecular formula is C21H28FN3O. The van der Waals surface area contributed by atoms with Crippen LogP contribution in [-0.4, -0.2) is 26.2 Å². The fourth-order valence-corrected chi connectivity index (χ4v) is 2.65. The van der Waals surface area contributed by atoms with Crippen molar-refractivity contribution in [1.29, 1.82) is 0 Å². The maximum Gasteiger partial charge on any atom is 0.191 e. The van der Waals surface area contributed by atoms with Crippen molar-refractivity contribution in [2.45, 2.75) is 32.9 Å². The molecule has 0 bridgehead atoms. The van der Waals surface area contributed by atoms with Crippen LogP contribution in [0.3, 0.4) is 0 Å². The second kappa shape index (κ2) is 11.3. The Hall–Kier alpha value is -2.40. The van der Waals surface area contributed by atoms with Gasteiger partial charge in [-0.25, -0.2) is 9.38 Å². The van der Waals surface area contributed by atoms with E-state index in [0.29, 0.717) is 12.1 Å². The molecule has 0 aliphatic heterocycles. The predicted octanol–water partition coefficient (Wildman–Crippen LogP) is 3.66. The summed E-state index contributed by atoms with van der Waals surface area (Å²) in [6, 6.07) is 15.5. The van der Waals surface area contributed by atoms with E-state index >= 15 is 0 Å². The fourth-order valence-electron chi connectivity index (χ4n) is 2.65. The Morgan fingerprint density at radius 3 is 2.62 bits per heavy atom. The number of benzene rings is 2. The molecule has 0 radical (unpaired) electrons. The number of guanidine groups is 1. The Morgan fingerprint density at radius 2 is 1.88 bits per heavy atom. The summed E-state index contributed by atoms with van der Waals surface area (Å²) in [7, 11) is 1.56. The summed E-state index contributed by atoms with van der Waals surface area (Å²) in [4.78, 5) is 4.59. The normalized spacial score (nSPS) is 11.4. The molecule has 2 N–H and O–H groups in total. The lowest BCUT2D eigenvalue weighted by molar-refractivity contribution is 0.181. The zero-order chi connectivity index (χ0) is 18.6. The van der Waals surface area contributed by atoms with Crippen molar-refractivity contribution in [3.63, 3.8) is 0 Å². The van der Waals surface area contributed by atoms with Crippen LogP contribution in [0.15, 0.2) is 53.5 Å². The van der Waals surface area contributed by atoms with E-state index in [1.165, 1.54) is 11.6 Å². The topological polar surface area (TPSA) is 45.7 Å². The highest BCUT2D eigenvalue weighted by molar-refractivity contribution is 5.79. The van der Waals surface area contributed by atoms with Crippen LogP contribution in [0.2, 0.25) is 0 Å². The lowest BCUT2D eigenvalue weighted by atomic mass is 10.1. The van der Waals surface area contributed by atoms with Gasteiger partial charge >= 0.3 is 0 Å². The molecule has 2 aromatic carbocycles. The summed E-state index contributed by atoms with van der Waals surface area (Å²) in [5, 5.41) is 6.60. The summed E-state index contributed by atoms with van der Waals surface area (Å²) in [5.74, 6) is 0.531. The van der Waals surface area contributed by atoms with E-state index in [2.05, 4.69) is 39.9 Å². The first-order valence-corrected chi connectivity index (χ1v) is 9.05. The third-order valence-corrected chi connectivity index (χ3v) is 3.95. The van der Waals surface area contributed by atoms with Crippen molar-refractivity contribution < 1.29 is 9.13 Å². The second-order valence-corrected chi connectivity index (χ2v) is 6.07. The molecule has 0 amide bonds. The molecule has 0 fully saturated rings. The van der Waals surface area contributed by atoms with Crippen molar-refractivity contribution in [2.75, 3.05) is 20.2 Å². The van der Waals surface area contributed by atoms with Crippen molar-refractivity contribution in [3.8, 4) is 0 Å². The molecule has 0 aliphatic rings. The highest BCUT2D eigenvalue weighted by Crippen LogP contribution is 2.12. The third kappa shape index (κ3) is 6.84. The predicted molar refractivity (Wildman–Crippen MR) is 105 cm³/mol. The van der Waals surface area contributed by atoms with Gasteiger partial charge in [-0.1, -0.05) is 36.4 Å². The van der Waals surface area contributed by atoms with Crippen molar-refractivity contribution in [3.05, 3.63) is 71.0 Å². The Morgan fingerprint density at radius 1 is 1.08 bits per heavy atom. The summed E-state index contributed by atoms with van der Waals surface area (Å²) in [6.45, 7) is 4.43. The quantitative estimate of drug-likeness (QED) is 0.409. The van der Waals surface area contributed by atoms with Gasteiger partial charge in [0.2, 0.25) is 0 Å². The number of aliphatic imine (C=N–C) groups is 1. The smallest absolute Gasteiger partial charge is 0.191 e. The first kappa shape index (κ1) is 19.9. The van der Waals surface area contributed by atoms with Crippen LogP contribution >= 0.6 is 0 Å². The molecule has 0 saturated heterocycles. The first-order valence-electron chi connectivity index (χ1n) is 9.05. The van der Waals surface area contributed by atoms with Crippen molar-refractivity contribution in [2.24, 2.45) is 4.99 Å². The molecule has 2 aromatic rings. The van der Waals surface area contributed by atoms with Crippen LogP contribution in [0.5, 0.6) is 0 Å². The number of hydrogen-bond donors (Lipinski definition) is 2. The minimum Gasteiger partial charge on any atom is -0.380 e. The largest absolute Gasteiger partial charge is 0.380 e. The van der Waals surface area contributed by atoms with Gasteiger partial charge in [0.05, 0.1) is 13.2 Å². The number of halogens is 1. The fraction of sp³-hybridized carbons (Fsp3) is 0.381. The zero-order valence-electron chi connectivity index (χ0n) is 15.6. The lowest BCUT2D eigenvalue weighted by Gasteiger charge is -2.11. The van der Waals surface area contributed by atoms with E-state index in [1.54, 1.807) is 19.2 Å². The van der Waals surface area contributed by atoms with E-state index in [1.807, 2.05) is 13.0 Å². The van der Waals surface area contributed by atoms with Gasteiger partial charge in [0.25, 0.3) is 0 Å².